The van der Waals surface area contributed by atoms with Gasteiger partial charge in [0.1, 0.15) is 10.8 Å². The fraction of sp³-hybridized carbons (Fsp3) is 0.0833. The maximum Gasteiger partial charge on any atom is 0.355 e. The van der Waals surface area contributed by atoms with E-state index in [4.69, 9.17) is 5.11 Å². The van der Waals surface area contributed by atoms with Crippen molar-refractivity contribution in [1.82, 2.24) is 10.3 Å². The number of phenolic OH excluding ortho intramolecular Hbond substituents is 1. The second kappa shape index (κ2) is 5.49. The van der Waals surface area contributed by atoms with Crippen LogP contribution in [-0.2, 0) is 6.54 Å². The SMILES string of the molecule is O=C(NCc1nc(C(=O)O)cs1)c1cccc(O)c1. The number of benzene rings is 1. The molecule has 0 saturated heterocycles. The predicted molar refractivity (Wildman–Crippen MR) is 68.4 cm³/mol. The molecule has 0 unspecified atom stereocenters. The van der Waals surface area contributed by atoms with Gasteiger partial charge in [0.05, 0.1) is 6.54 Å². The molecule has 19 heavy (non-hydrogen) atoms. The number of carboxylic acids is 1. The van der Waals surface area contributed by atoms with Crippen molar-refractivity contribution in [2.45, 2.75) is 6.54 Å². The fourth-order valence-corrected chi connectivity index (χ4v) is 2.10. The first-order chi connectivity index (χ1) is 9.06. The summed E-state index contributed by atoms with van der Waals surface area (Å²) in [6.45, 7) is 0.145. The third-order valence-corrected chi connectivity index (χ3v) is 3.13. The van der Waals surface area contributed by atoms with E-state index in [-0.39, 0.29) is 23.9 Å². The van der Waals surface area contributed by atoms with E-state index in [1.165, 1.54) is 17.5 Å². The number of aromatic nitrogens is 1. The van der Waals surface area contributed by atoms with Gasteiger partial charge in [-0.15, -0.1) is 11.3 Å². The molecule has 2 aromatic rings. The molecule has 98 valence electrons. The van der Waals surface area contributed by atoms with Gasteiger partial charge < -0.3 is 15.5 Å². The van der Waals surface area contributed by atoms with E-state index in [1.54, 1.807) is 12.1 Å². The van der Waals surface area contributed by atoms with Gasteiger partial charge in [-0.25, -0.2) is 9.78 Å². The van der Waals surface area contributed by atoms with Crippen molar-refractivity contribution in [3.63, 3.8) is 0 Å². The van der Waals surface area contributed by atoms with Gasteiger partial charge in [0.15, 0.2) is 5.69 Å². The van der Waals surface area contributed by atoms with E-state index in [0.29, 0.717) is 10.6 Å². The van der Waals surface area contributed by atoms with Gasteiger partial charge in [-0.3, -0.25) is 4.79 Å². The van der Waals surface area contributed by atoms with Crippen LogP contribution in [0.25, 0.3) is 0 Å². The Balaban J connectivity index is 1.98. The molecule has 7 heteroatoms. The number of carboxylic acid groups (broad SMARTS) is 1. The second-order valence-corrected chi connectivity index (χ2v) is 4.61. The van der Waals surface area contributed by atoms with Gasteiger partial charge in [0.25, 0.3) is 5.91 Å². The molecule has 0 aliphatic carbocycles. The zero-order chi connectivity index (χ0) is 13.8. The summed E-state index contributed by atoms with van der Waals surface area (Å²) in [6, 6.07) is 5.95. The summed E-state index contributed by atoms with van der Waals surface area (Å²) in [5.74, 6) is -1.44. The second-order valence-electron chi connectivity index (χ2n) is 3.66. The molecule has 1 amide bonds. The largest absolute Gasteiger partial charge is 0.508 e. The topological polar surface area (TPSA) is 99.5 Å². The Hall–Kier alpha value is -2.41. The summed E-state index contributed by atoms with van der Waals surface area (Å²) < 4.78 is 0. The molecule has 0 aliphatic rings. The Bertz CT molecular complexity index is 624. The highest BCUT2D eigenvalue weighted by Gasteiger charge is 2.10. The zero-order valence-electron chi connectivity index (χ0n) is 9.66. The van der Waals surface area contributed by atoms with E-state index in [9.17, 15) is 14.7 Å². The average molecular weight is 278 g/mol. The number of phenols is 1. The molecule has 2 rings (SSSR count). The third-order valence-electron chi connectivity index (χ3n) is 2.28. The number of thiazole rings is 1. The maximum absolute atomic E-state index is 11.7. The van der Waals surface area contributed by atoms with Gasteiger partial charge >= 0.3 is 5.97 Å². The van der Waals surface area contributed by atoms with E-state index >= 15 is 0 Å². The number of hydrogen-bond donors (Lipinski definition) is 3. The smallest absolute Gasteiger partial charge is 0.355 e. The highest BCUT2D eigenvalue weighted by atomic mass is 32.1. The predicted octanol–water partition coefficient (Wildman–Crippen LogP) is 1.48. The lowest BCUT2D eigenvalue weighted by atomic mass is 10.2. The Labute approximate surface area is 112 Å². The Morgan fingerprint density at radius 1 is 1.37 bits per heavy atom. The number of nitrogens with one attached hydrogen (secondary N) is 1. The highest BCUT2D eigenvalue weighted by molar-refractivity contribution is 7.09. The number of aromatic carboxylic acids is 1. The number of aromatic hydroxyl groups is 1. The van der Waals surface area contributed by atoms with Crippen LogP contribution in [-0.4, -0.2) is 27.1 Å². The Morgan fingerprint density at radius 3 is 2.79 bits per heavy atom. The van der Waals surface area contributed by atoms with Crippen LogP contribution in [0.1, 0.15) is 25.9 Å². The molecule has 0 aliphatic heterocycles. The number of carbonyl (C=O) groups excluding carboxylic acids is 1. The van der Waals surface area contributed by atoms with E-state index in [2.05, 4.69) is 10.3 Å². The summed E-state index contributed by atoms with van der Waals surface area (Å²) in [5.41, 5.74) is 0.293. The molecular weight excluding hydrogens is 268 g/mol. The Kier molecular flexibility index (Phi) is 3.76. The van der Waals surface area contributed by atoms with Crippen LogP contribution in [0.5, 0.6) is 5.75 Å². The molecule has 0 saturated carbocycles. The zero-order valence-corrected chi connectivity index (χ0v) is 10.5. The minimum absolute atomic E-state index is 0.00932. The van der Waals surface area contributed by atoms with Crippen LogP contribution in [0.2, 0.25) is 0 Å². The summed E-state index contributed by atoms with van der Waals surface area (Å²) >= 11 is 1.16. The summed E-state index contributed by atoms with van der Waals surface area (Å²) in [6.07, 6.45) is 0. The molecule has 6 nitrogen and oxygen atoms in total. The van der Waals surface area contributed by atoms with Gasteiger partial charge in [-0.2, -0.15) is 0 Å². The normalized spacial score (nSPS) is 10.1. The van der Waals surface area contributed by atoms with Crippen LogP contribution in [0.4, 0.5) is 0 Å². The van der Waals surface area contributed by atoms with E-state index in [1.807, 2.05) is 0 Å². The van der Waals surface area contributed by atoms with Gasteiger partial charge in [0.2, 0.25) is 0 Å². The molecule has 0 fully saturated rings. The van der Waals surface area contributed by atoms with Gasteiger partial charge in [-0.05, 0) is 18.2 Å². The summed E-state index contributed by atoms with van der Waals surface area (Å²) in [7, 11) is 0. The highest BCUT2D eigenvalue weighted by Crippen LogP contribution is 2.12. The lowest BCUT2D eigenvalue weighted by Crippen LogP contribution is -2.22. The number of carbonyl (C=O) groups is 2. The summed E-state index contributed by atoms with van der Waals surface area (Å²) in [5, 5.41) is 22.5. The van der Waals surface area contributed by atoms with Crippen molar-refractivity contribution >= 4 is 23.2 Å². The third kappa shape index (κ3) is 3.29. The van der Waals surface area contributed by atoms with Gasteiger partial charge in [-0.1, -0.05) is 6.07 Å². The van der Waals surface area contributed by atoms with Crippen molar-refractivity contribution in [3.8, 4) is 5.75 Å². The molecule has 0 atom stereocenters. The molecule has 3 N–H and O–H groups in total. The molecule has 1 aromatic carbocycles. The average Bonchev–Trinajstić information content (AvgIpc) is 2.85. The lowest BCUT2D eigenvalue weighted by molar-refractivity contribution is 0.0691. The van der Waals surface area contributed by atoms with Crippen LogP contribution in [0, 0.1) is 0 Å². The molecular formula is C12H10N2O4S. The first-order valence-electron chi connectivity index (χ1n) is 5.31. The molecule has 1 aromatic heterocycles. The van der Waals surface area contributed by atoms with Crippen molar-refractivity contribution in [1.29, 1.82) is 0 Å². The Morgan fingerprint density at radius 2 is 2.16 bits per heavy atom. The maximum atomic E-state index is 11.7. The van der Waals surface area contributed by atoms with Crippen LogP contribution < -0.4 is 5.32 Å². The van der Waals surface area contributed by atoms with Gasteiger partial charge in [0, 0.05) is 10.9 Å². The van der Waals surface area contributed by atoms with Crippen molar-refractivity contribution in [3.05, 3.63) is 45.9 Å². The minimum atomic E-state index is -1.10. The first kappa shape index (κ1) is 13.0. The van der Waals surface area contributed by atoms with Crippen molar-refractivity contribution < 1.29 is 19.8 Å². The standard InChI is InChI=1S/C12H10N2O4S/c15-8-3-1-2-7(4-8)11(16)13-5-10-14-9(6-19-10)12(17)18/h1-4,6,15H,5H2,(H,13,16)(H,17,18). The van der Waals surface area contributed by atoms with Crippen LogP contribution in [0.15, 0.2) is 29.6 Å². The van der Waals surface area contributed by atoms with Crippen LogP contribution in [0.3, 0.4) is 0 Å². The van der Waals surface area contributed by atoms with Crippen molar-refractivity contribution in [2.75, 3.05) is 0 Å². The van der Waals surface area contributed by atoms with E-state index < -0.39 is 5.97 Å². The molecule has 0 bridgehead atoms. The number of nitrogens with zero attached hydrogens (tertiary/aromatic N) is 1. The molecule has 1 heterocycles. The van der Waals surface area contributed by atoms with E-state index in [0.717, 1.165) is 11.3 Å². The van der Waals surface area contributed by atoms with Crippen LogP contribution >= 0.6 is 11.3 Å². The molecule has 0 spiro atoms. The quantitative estimate of drug-likeness (QED) is 0.786. The number of amides is 1. The monoisotopic (exact) mass is 278 g/mol. The summed E-state index contributed by atoms with van der Waals surface area (Å²) in [4.78, 5) is 26.2. The molecule has 0 radical (unpaired) electrons. The van der Waals surface area contributed by atoms with Crippen molar-refractivity contribution in [2.24, 2.45) is 0 Å². The minimum Gasteiger partial charge on any atom is -0.508 e. The fourth-order valence-electron chi connectivity index (χ4n) is 1.40. The number of rotatable bonds is 4. The lowest BCUT2D eigenvalue weighted by Gasteiger charge is -2.03. The number of hydrogen-bond acceptors (Lipinski definition) is 5. The first-order valence-corrected chi connectivity index (χ1v) is 6.19.